The predicted molar refractivity (Wildman–Crippen MR) is 136 cm³/mol. The van der Waals surface area contributed by atoms with Gasteiger partial charge in [0.1, 0.15) is 11.5 Å². The zero-order valence-electron chi connectivity index (χ0n) is 20.0. The quantitative estimate of drug-likeness (QED) is 0.371. The number of benzene rings is 3. The van der Waals surface area contributed by atoms with E-state index in [1.807, 2.05) is 48.5 Å². The van der Waals surface area contributed by atoms with Crippen LogP contribution in [-0.4, -0.2) is 26.0 Å². The molecule has 0 heterocycles. The van der Waals surface area contributed by atoms with Gasteiger partial charge in [-0.2, -0.15) is 0 Å². The monoisotopic (exact) mass is 460 g/mol. The molecule has 3 rings (SSSR count). The van der Waals surface area contributed by atoms with Crippen LogP contribution >= 0.6 is 0 Å². The van der Waals surface area contributed by atoms with Crippen LogP contribution in [0.3, 0.4) is 0 Å². The molecule has 34 heavy (non-hydrogen) atoms. The SMILES string of the molecule is CCC(CCC(=O)Nc1ccc(C(=O)Nc2ccccc2)cc1)Cc1ccc(OC)cc1OC. The third-order valence-corrected chi connectivity index (χ3v) is 5.82. The van der Waals surface area contributed by atoms with Crippen molar-refractivity contribution >= 4 is 23.2 Å². The summed E-state index contributed by atoms with van der Waals surface area (Å²) in [6.07, 6.45) is 3.00. The number of ether oxygens (including phenoxy) is 2. The number of amides is 2. The Morgan fingerprint density at radius 1 is 0.853 bits per heavy atom. The molecule has 0 spiro atoms. The van der Waals surface area contributed by atoms with Crippen molar-refractivity contribution in [2.45, 2.75) is 32.6 Å². The van der Waals surface area contributed by atoms with Gasteiger partial charge < -0.3 is 20.1 Å². The first-order valence-electron chi connectivity index (χ1n) is 11.5. The number of hydrogen-bond donors (Lipinski definition) is 2. The van der Waals surface area contributed by atoms with Crippen molar-refractivity contribution in [3.8, 4) is 11.5 Å². The van der Waals surface area contributed by atoms with Crippen LogP contribution in [0.2, 0.25) is 0 Å². The highest BCUT2D eigenvalue weighted by molar-refractivity contribution is 6.04. The number of carbonyl (C=O) groups is 2. The zero-order valence-corrected chi connectivity index (χ0v) is 20.0. The third-order valence-electron chi connectivity index (χ3n) is 5.82. The van der Waals surface area contributed by atoms with Gasteiger partial charge in [-0.05, 0) is 66.8 Å². The van der Waals surface area contributed by atoms with Crippen LogP contribution in [0.5, 0.6) is 11.5 Å². The first-order valence-corrected chi connectivity index (χ1v) is 11.5. The van der Waals surface area contributed by atoms with Gasteiger partial charge in [-0.1, -0.05) is 37.6 Å². The molecule has 3 aromatic rings. The summed E-state index contributed by atoms with van der Waals surface area (Å²) in [6, 6.07) is 22.0. The highest BCUT2D eigenvalue weighted by Gasteiger charge is 2.14. The van der Waals surface area contributed by atoms with Crippen LogP contribution < -0.4 is 20.1 Å². The molecule has 0 bridgehead atoms. The Kier molecular flexibility index (Phi) is 9.09. The van der Waals surface area contributed by atoms with Crippen molar-refractivity contribution in [2.24, 2.45) is 5.92 Å². The van der Waals surface area contributed by atoms with Gasteiger partial charge in [0.05, 0.1) is 14.2 Å². The number of carbonyl (C=O) groups excluding carboxylic acids is 2. The van der Waals surface area contributed by atoms with E-state index in [0.29, 0.717) is 23.6 Å². The number of rotatable bonds is 11. The molecule has 3 aromatic carbocycles. The number of hydrogen-bond acceptors (Lipinski definition) is 4. The molecule has 1 unspecified atom stereocenters. The fraction of sp³-hybridized carbons (Fsp3) is 0.286. The van der Waals surface area contributed by atoms with Crippen LogP contribution in [0.1, 0.15) is 42.1 Å². The van der Waals surface area contributed by atoms with Crippen molar-refractivity contribution in [3.63, 3.8) is 0 Å². The van der Waals surface area contributed by atoms with Gasteiger partial charge in [-0.25, -0.2) is 0 Å². The second-order valence-electron chi connectivity index (χ2n) is 8.14. The van der Waals surface area contributed by atoms with Crippen molar-refractivity contribution in [1.29, 1.82) is 0 Å². The van der Waals surface area contributed by atoms with E-state index < -0.39 is 0 Å². The Morgan fingerprint density at radius 3 is 2.21 bits per heavy atom. The fourth-order valence-corrected chi connectivity index (χ4v) is 3.77. The van der Waals surface area contributed by atoms with Crippen LogP contribution in [0.15, 0.2) is 72.8 Å². The molecule has 178 valence electrons. The maximum absolute atomic E-state index is 12.5. The molecule has 0 fully saturated rings. The highest BCUT2D eigenvalue weighted by Crippen LogP contribution is 2.29. The smallest absolute Gasteiger partial charge is 0.255 e. The molecule has 1 atom stereocenters. The average Bonchev–Trinajstić information content (AvgIpc) is 2.87. The third kappa shape index (κ3) is 7.10. The molecule has 6 heteroatoms. The lowest BCUT2D eigenvalue weighted by Gasteiger charge is -2.17. The van der Waals surface area contributed by atoms with Gasteiger partial charge in [0.15, 0.2) is 0 Å². The van der Waals surface area contributed by atoms with E-state index in [-0.39, 0.29) is 11.8 Å². The second-order valence-corrected chi connectivity index (χ2v) is 8.14. The summed E-state index contributed by atoms with van der Waals surface area (Å²) in [6.45, 7) is 2.14. The van der Waals surface area contributed by atoms with Crippen molar-refractivity contribution in [1.82, 2.24) is 0 Å². The summed E-state index contributed by atoms with van der Waals surface area (Å²) in [7, 11) is 3.29. The van der Waals surface area contributed by atoms with Crippen molar-refractivity contribution in [3.05, 3.63) is 83.9 Å². The van der Waals surface area contributed by atoms with Crippen molar-refractivity contribution in [2.75, 3.05) is 24.9 Å². The van der Waals surface area contributed by atoms with Gasteiger partial charge in [0, 0.05) is 29.4 Å². The lowest BCUT2D eigenvalue weighted by atomic mass is 9.92. The van der Waals surface area contributed by atoms with Crippen LogP contribution in [-0.2, 0) is 11.2 Å². The minimum Gasteiger partial charge on any atom is -0.497 e. The normalized spacial score (nSPS) is 11.4. The molecule has 6 nitrogen and oxygen atoms in total. The molecule has 2 N–H and O–H groups in total. The zero-order chi connectivity index (χ0) is 24.3. The predicted octanol–water partition coefficient (Wildman–Crippen LogP) is 5.94. The number of methoxy groups -OCH3 is 2. The van der Waals surface area contributed by atoms with E-state index in [2.05, 4.69) is 17.6 Å². The Morgan fingerprint density at radius 2 is 1.56 bits per heavy atom. The molecule has 2 amide bonds. The van der Waals surface area contributed by atoms with Crippen LogP contribution in [0.4, 0.5) is 11.4 Å². The maximum atomic E-state index is 12.5. The first-order chi connectivity index (χ1) is 16.5. The Hall–Kier alpha value is -3.80. The summed E-state index contributed by atoms with van der Waals surface area (Å²) in [5, 5.41) is 5.78. The van der Waals surface area contributed by atoms with Gasteiger partial charge in [0.25, 0.3) is 5.91 Å². The summed E-state index contributed by atoms with van der Waals surface area (Å²) in [5.74, 6) is 1.69. The standard InChI is InChI=1S/C28H32N2O4/c1-4-20(18-22-13-16-25(33-2)19-26(22)34-3)10-17-27(31)29-24-14-11-21(12-15-24)28(32)30-23-8-6-5-7-9-23/h5-9,11-16,19-20H,4,10,17-18H2,1-3H3,(H,29,31)(H,30,32). The summed E-state index contributed by atoms with van der Waals surface area (Å²) in [4.78, 5) is 24.9. The summed E-state index contributed by atoms with van der Waals surface area (Å²) in [5.41, 5.74) is 3.05. The number of anilines is 2. The molecular formula is C28H32N2O4. The first kappa shape index (κ1) is 24.8. The molecule has 0 aromatic heterocycles. The molecule has 0 aliphatic rings. The van der Waals surface area contributed by atoms with Crippen LogP contribution in [0.25, 0.3) is 0 Å². The molecule has 0 saturated heterocycles. The lowest BCUT2D eigenvalue weighted by molar-refractivity contribution is -0.116. The second kappa shape index (κ2) is 12.4. The fourth-order valence-electron chi connectivity index (χ4n) is 3.77. The van der Waals surface area contributed by atoms with E-state index in [1.54, 1.807) is 38.5 Å². The minimum atomic E-state index is -0.191. The topological polar surface area (TPSA) is 76.7 Å². The maximum Gasteiger partial charge on any atom is 0.255 e. The van der Waals surface area contributed by atoms with E-state index >= 15 is 0 Å². The number of para-hydroxylation sites is 1. The van der Waals surface area contributed by atoms with E-state index in [9.17, 15) is 9.59 Å². The minimum absolute atomic E-state index is 0.0402. The molecule has 0 saturated carbocycles. The van der Waals surface area contributed by atoms with E-state index in [4.69, 9.17) is 9.47 Å². The summed E-state index contributed by atoms with van der Waals surface area (Å²) >= 11 is 0. The molecule has 0 radical (unpaired) electrons. The van der Waals surface area contributed by atoms with Gasteiger partial charge in [-0.3, -0.25) is 9.59 Å². The lowest BCUT2D eigenvalue weighted by Crippen LogP contribution is -2.15. The molecule has 0 aliphatic carbocycles. The van der Waals surface area contributed by atoms with Gasteiger partial charge in [-0.15, -0.1) is 0 Å². The van der Waals surface area contributed by atoms with Crippen molar-refractivity contribution < 1.29 is 19.1 Å². The Bertz CT molecular complexity index is 1080. The van der Waals surface area contributed by atoms with E-state index in [1.165, 1.54) is 0 Å². The molecular weight excluding hydrogens is 428 g/mol. The number of nitrogens with one attached hydrogen (secondary N) is 2. The summed E-state index contributed by atoms with van der Waals surface area (Å²) < 4.78 is 10.8. The largest absolute Gasteiger partial charge is 0.497 e. The van der Waals surface area contributed by atoms with Gasteiger partial charge in [0.2, 0.25) is 5.91 Å². The Balaban J connectivity index is 1.50. The average molecular weight is 461 g/mol. The van der Waals surface area contributed by atoms with Gasteiger partial charge >= 0.3 is 0 Å². The van der Waals surface area contributed by atoms with Crippen LogP contribution in [0, 0.1) is 5.92 Å². The Labute approximate surface area is 201 Å². The highest BCUT2D eigenvalue weighted by atomic mass is 16.5. The van der Waals surface area contributed by atoms with E-state index in [0.717, 1.165) is 42.0 Å². The molecule has 0 aliphatic heterocycles.